The Morgan fingerprint density at radius 1 is 1.06 bits per heavy atom. The maximum Gasteiger partial charge on any atom is 0.255 e. The molecular formula is C23H30N2O5S. The van der Waals surface area contributed by atoms with E-state index >= 15 is 0 Å². The Morgan fingerprint density at radius 3 is 2.52 bits per heavy atom. The van der Waals surface area contributed by atoms with Crippen molar-refractivity contribution >= 4 is 21.6 Å². The van der Waals surface area contributed by atoms with Crippen molar-refractivity contribution in [3.8, 4) is 11.5 Å². The van der Waals surface area contributed by atoms with Crippen LogP contribution in [0.5, 0.6) is 11.5 Å². The molecule has 1 heterocycles. The average Bonchev–Trinajstić information content (AvgIpc) is 2.76. The van der Waals surface area contributed by atoms with Crippen LogP contribution in [-0.4, -0.2) is 44.4 Å². The van der Waals surface area contributed by atoms with E-state index in [2.05, 4.69) is 5.32 Å². The fourth-order valence-electron chi connectivity index (χ4n) is 3.69. The highest BCUT2D eigenvalue weighted by molar-refractivity contribution is 7.89. The topological polar surface area (TPSA) is 84.9 Å². The Labute approximate surface area is 184 Å². The molecule has 0 spiro atoms. The summed E-state index contributed by atoms with van der Waals surface area (Å²) in [7, 11) is -3.65. The summed E-state index contributed by atoms with van der Waals surface area (Å²) in [4.78, 5) is 13.0. The molecule has 3 rings (SSSR count). The van der Waals surface area contributed by atoms with Crippen molar-refractivity contribution in [2.45, 2.75) is 51.0 Å². The molecule has 0 saturated carbocycles. The number of nitrogens with one attached hydrogen (secondary N) is 1. The summed E-state index contributed by atoms with van der Waals surface area (Å²) in [6, 6.07) is 11.3. The normalized spacial score (nSPS) is 17.2. The monoisotopic (exact) mass is 446 g/mol. The summed E-state index contributed by atoms with van der Waals surface area (Å²) in [5, 5.41) is 2.81. The molecule has 1 aliphatic rings. The molecule has 0 aromatic heterocycles. The first kappa shape index (κ1) is 23.1. The molecule has 31 heavy (non-hydrogen) atoms. The fourth-order valence-corrected chi connectivity index (χ4v) is 5.44. The van der Waals surface area contributed by atoms with Crippen molar-refractivity contribution in [2.75, 3.05) is 25.1 Å². The molecule has 0 bridgehead atoms. The molecule has 168 valence electrons. The Kier molecular flexibility index (Phi) is 7.56. The number of amides is 1. The van der Waals surface area contributed by atoms with Crippen molar-refractivity contribution in [3.63, 3.8) is 0 Å². The second-order valence-electron chi connectivity index (χ2n) is 7.47. The van der Waals surface area contributed by atoms with E-state index in [1.165, 1.54) is 16.4 Å². The van der Waals surface area contributed by atoms with Crippen LogP contribution in [0.2, 0.25) is 0 Å². The third-order valence-electron chi connectivity index (χ3n) is 5.25. The molecule has 8 heteroatoms. The van der Waals surface area contributed by atoms with Crippen LogP contribution in [0.1, 0.15) is 50.4 Å². The summed E-state index contributed by atoms with van der Waals surface area (Å²) in [6.07, 6.45) is 2.73. The Bertz CT molecular complexity index is 1020. The van der Waals surface area contributed by atoms with E-state index in [0.717, 1.165) is 19.3 Å². The van der Waals surface area contributed by atoms with Crippen LogP contribution in [-0.2, 0) is 10.0 Å². The first-order chi connectivity index (χ1) is 14.9. The molecule has 1 atom stereocenters. The lowest BCUT2D eigenvalue weighted by molar-refractivity contribution is 0.102. The van der Waals surface area contributed by atoms with Crippen molar-refractivity contribution in [1.29, 1.82) is 0 Å². The van der Waals surface area contributed by atoms with Crippen molar-refractivity contribution in [2.24, 2.45) is 0 Å². The highest BCUT2D eigenvalue weighted by atomic mass is 32.2. The predicted molar refractivity (Wildman–Crippen MR) is 120 cm³/mol. The quantitative estimate of drug-likeness (QED) is 0.654. The zero-order chi connectivity index (χ0) is 22.4. The summed E-state index contributed by atoms with van der Waals surface area (Å²) in [6.45, 7) is 7.16. The molecule has 1 saturated heterocycles. The van der Waals surface area contributed by atoms with Crippen molar-refractivity contribution in [3.05, 3.63) is 48.0 Å². The van der Waals surface area contributed by atoms with E-state index in [1.807, 2.05) is 20.8 Å². The van der Waals surface area contributed by atoms with Crippen LogP contribution in [0, 0.1) is 0 Å². The molecule has 0 aliphatic carbocycles. The third-order valence-corrected chi connectivity index (χ3v) is 7.26. The lowest BCUT2D eigenvalue weighted by Gasteiger charge is -2.32. The second-order valence-corrected chi connectivity index (χ2v) is 9.36. The number of rotatable bonds is 8. The van der Waals surface area contributed by atoms with E-state index < -0.39 is 15.9 Å². The Hall–Kier alpha value is -2.58. The van der Waals surface area contributed by atoms with Crippen LogP contribution in [0.25, 0.3) is 0 Å². The fraction of sp³-hybridized carbons (Fsp3) is 0.435. The number of benzene rings is 2. The van der Waals surface area contributed by atoms with Gasteiger partial charge in [-0.1, -0.05) is 12.5 Å². The van der Waals surface area contributed by atoms with Gasteiger partial charge < -0.3 is 14.8 Å². The predicted octanol–water partition coefficient (Wildman–Crippen LogP) is 4.30. The van der Waals surface area contributed by atoms with Crippen LogP contribution in [0.4, 0.5) is 5.69 Å². The number of piperidine rings is 1. The summed E-state index contributed by atoms with van der Waals surface area (Å²) in [5.41, 5.74) is 0.812. The SMILES string of the molecule is CCOc1ccc(NC(=O)c2cccc(S(=O)(=O)N3CCCC[C@@H]3C)c2)cc1OCC. The van der Waals surface area contributed by atoms with E-state index in [0.29, 0.717) is 36.9 Å². The highest BCUT2D eigenvalue weighted by Crippen LogP contribution is 2.31. The van der Waals surface area contributed by atoms with Gasteiger partial charge in [0.2, 0.25) is 10.0 Å². The standard InChI is InChI=1S/C23H30N2O5S/c1-4-29-21-13-12-19(16-22(21)30-5-2)24-23(26)18-10-8-11-20(15-18)31(27,28)25-14-7-6-9-17(25)3/h8,10-13,15-17H,4-7,9,14H2,1-3H3,(H,24,26)/t17-/m0/s1. The molecule has 2 aromatic rings. The molecule has 2 aromatic carbocycles. The van der Waals surface area contributed by atoms with E-state index in [1.54, 1.807) is 30.3 Å². The maximum atomic E-state index is 13.1. The molecular weight excluding hydrogens is 416 g/mol. The number of hydrogen-bond donors (Lipinski definition) is 1. The first-order valence-electron chi connectivity index (χ1n) is 10.7. The minimum absolute atomic E-state index is 0.0444. The largest absolute Gasteiger partial charge is 0.490 e. The first-order valence-corrected chi connectivity index (χ1v) is 12.1. The van der Waals surface area contributed by atoms with Gasteiger partial charge in [0.15, 0.2) is 11.5 Å². The van der Waals surface area contributed by atoms with Crippen molar-refractivity contribution in [1.82, 2.24) is 4.31 Å². The smallest absolute Gasteiger partial charge is 0.255 e. The number of nitrogens with zero attached hydrogens (tertiary/aromatic N) is 1. The second kappa shape index (κ2) is 10.2. The maximum absolute atomic E-state index is 13.1. The number of hydrogen-bond acceptors (Lipinski definition) is 5. The van der Waals surface area contributed by atoms with Gasteiger partial charge >= 0.3 is 0 Å². The molecule has 1 aliphatic heterocycles. The van der Waals surface area contributed by atoms with Gasteiger partial charge in [0.1, 0.15) is 0 Å². The number of anilines is 1. The van der Waals surface area contributed by atoms with E-state index in [4.69, 9.17) is 9.47 Å². The van der Waals surface area contributed by atoms with Gasteiger partial charge in [0, 0.05) is 29.9 Å². The van der Waals surface area contributed by atoms with E-state index in [9.17, 15) is 13.2 Å². The molecule has 0 radical (unpaired) electrons. The zero-order valence-corrected chi connectivity index (χ0v) is 19.1. The van der Waals surface area contributed by atoms with Crippen molar-refractivity contribution < 1.29 is 22.7 Å². The molecule has 0 unspecified atom stereocenters. The van der Waals surface area contributed by atoms with Crippen LogP contribution in [0.15, 0.2) is 47.4 Å². The summed E-state index contributed by atoms with van der Waals surface area (Å²) >= 11 is 0. The van der Waals surface area contributed by atoms with Gasteiger partial charge in [0.25, 0.3) is 5.91 Å². The van der Waals surface area contributed by atoms with Gasteiger partial charge in [0.05, 0.1) is 18.1 Å². The zero-order valence-electron chi connectivity index (χ0n) is 18.3. The molecule has 1 N–H and O–H groups in total. The number of ether oxygens (including phenoxy) is 2. The number of carbonyl (C=O) groups excluding carboxylic acids is 1. The Balaban J connectivity index is 1.81. The van der Waals surface area contributed by atoms with Crippen LogP contribution in [0.3, 0.4) is 0 Å². The van der Waals surface area contributed by atoms with Gasteiger partial charge in [-0.05, 0) is 63.9 Å². The van der Waals surface area contributed by atoms with Gasteiger partial charge in [-0.25, -0.2) is 8.42 Å². The summed E-state index contributed by atoms with van der Waals surface area (Å²) < 4.78 is 38.9. The lowest BCUT2D eigenvalue weighted by atomic mass is 10.1. The molecule has 1 fully saturated rings. The number of sulfonamides is 1. The highest BCUT2D eigenvalue weighted by Gasteiger charge is 2.31. The van der Waals surface area contributed by atoms with Crippen LogP contribution >= 0.6 is 0 Å². The minimum atomic E-state index is -3.65. The summed E-state index contributed by atoms with van der Waals surface area (Å²) in [5.74, 6) is 0.749. The third kappa shape index (κ3) is 5.37. The van der Waals surface area contributed by atoms with E-state index in [-0.39, 0.29) is 16.5 Å². The minimum Gasteiger partial charge on any atom is -0.490 e. The van der Waals surface area contributed by atoms with Gasteiger partial charge in [-0.2, -0.15) is 4.31 Å². The van der Waals surface area contributed by atoms with Gasteiger partial charge in [-0.15, -0.1) is 0 Å². The van der Waals surface area contributed by atoms with Crippen LogP contribution < -0.4 is 14.8 Å². The molecule has 1 amide bonds. The van der Waals surface area contributed by atoms with Gasteiger partial charge in [-0.3, -0.25) is 4.79 Å². The average molecular weight is 447 g/mol. The number of carbonyl (C=O) groups is 1. The Morgan fingerprint density at radius 2 is 1.81 bits per heavy atom. The molecule has 7 nitrogen and oxygen atoms in total. The lowest BCUT2D eigenvalue weighted by Crippen LogP contribution is -2.41.